The van der Waals surface area contributed by atoms with Crippen LogP contribution in [0.15, 0.2) is 24.3 Å². The van der Waals surface area contributed by atoms with Crippen LogP contribution in [-0.4, -0.2) is 31.8 Å². The molecular formula is C10H13N3O3S. The molecule has 1 amide bonds. The van der Waals surface area contributed by atoms with Crippen molar-refractivity contribution >= 4 is 21.6 Å². The Morgan fingerprint density at radius 3 is 2.65 bits per heavy atom. The first-order valence-corrected chi connectivity index (χ1v) is 6.94. The van der Waals surface area contributed by atoms with E-state index >= 15 is 0 Å². The van der Waals surface area contributed by atoms with E-state index in [2.05, 4.69) is 10.1 Å². The van der Waals surface area contributed by atoms with Crippen molar-refractivity contribution in [3.05, 3.63) is 29.8 Å². The summed E-state index contributed by atoms with van der Waals surface area (Å²) in [4.78, 5) is 14.3. The lowest BCUT2D eigenvalue weighted by Gasteiger charge is -2.34. The molecule has 1 aromatic rings. The monoisotopic (exact) mass is 255 g/mol. The molecule has 1 aliphatic heterocycles. The summed E-state index contributed by atoms with van der Waals surface area (Å²) in [7, 11) is -3.48. The van der Waals surface area contributed by atoms with Gasteiger partial charge in [0.2, 0.25) is 10.0 Å². The number of fused-ring (bicyclic) bond motifs is 1. The fourth-order valence-electron chi connectivity index (χ4n) is 1.69. The van der Waals surface area contributed by atoms with Crippen molar-refractivity contribution in [1.82, 2.24) is 9.84 Å². The highest BCUT2D eigenvalue weighted by Crippen LogP contribution is 2.23. The Labute approximate surface area is 99.6 Å². The Hall–Kier alpha value is -1.60. The van der Waals surface area contributed by atoms with E-state index in [0.29, 0.717) is 11.3 Å². The van der Waals surface area contributed by atoms with Crippen LogP contribution in [-0.2, 0) is 10.0 Å². The van der Waals surface area contributed by atoms with E-state index < -0.39 is 16.2 Å². The average Bonchev–Trinajstić information content (AvgIpc) is 2.23. The van der Waals surface area contributed by atoms with E-state index in [1.807, 2.05) is 6.07 Å². The first kappa shape index (κ1) is 11.9. The van der Waals surface area contributed by atoms with Crippen molar-refractivity contribution in [2.75, 3.05) is 11.6 Å². The molecule has 7 heteroatoms. The van der Waals surface area contributed by atoms with Crippen molar-refractivity contribution in [1.29, 1.82) is 0 Å². The molecule has 6 nitrogen and oxygen atoms in total. The molecule has 2 rings (SSSR count). The number of nitrogens with one attached hydrogen (secondary N) is 2. The second kappa shape index (κ2) is 4.01. The number of sulfonamides is 1. The maximum Gasteiger partial charge on any atom is 0.272 e. The lowest BCUT2D eigenvalue weighted by atomic mass is 10.1. The Kier molecular flexibility index (Phi) is 2.80. The summed E-state index contributed by atoms with van der Waals surface area (Å²) in [5.74, 6) is -0.364. The molecule has 17 heavy (non-hydrogen) atoms. The largest absolute Gasteiger partial charge is 0.364 e. The van der Waals surface area contributed by atoms with Crippen molar-refractivity contribution in [3.8, 4) is 0 Å². The van der Waals surface area contributed by atoms with Crippen LogP contribution in [0.2, 0.25) is 0 Å². The van der Waals surface area contributed by atoms with Gasteiger partial charge in [0.1, 0.15) is 6.17 Å². The van der Waals surface area contributed by atoms with Crippen molar-refractivity contribution < 1.29 is 13.2 Å². The van der Waals surface area contributed by atoms with Gasteiger partial charge >= 0.3 is 0 Å². The van der Waals surface area contributed by atoms with Crippen LogP contribution < -0.4 is 10.1 Å². The highest BCUT2D eigenvalue weighted by atomic mass is 32.2. The molecule has 2 N–H and O–H groups in total. The van der Waals surface area contributed by atoms with Crippen LogP contribution in [0, 0.1) is 0 Å². The molecule has 1 atom stereocenters. The number of nitrogens with zero attached hydrogens (tertiary/aromatic N) is 1. The van der Waals surface area contributed by atoms with E-state index in [0.717, 1.165) is 11.3 Å². The smallest absolute Gasteiger partial charge is 0.272 e. The van der Waals surface area contributed by atoms with E-state index in [9.17, 15) is 13.2 Å². The molecule has 0 radical (unpaired) electrons. The minimum absolute atomic E-state index is 0.364. The molecule has 0 bridgehead atoms. The predicted molar refractivity (Wildman–Crippen MR) is 63.7 cm³/mol. The van der Waals surface area contributed by atoms with Crippen LogP contribution in [0.5, 0.6) is 0 Å². The van der Waals surface area contributed by atoms with Crippen LogP contribution in [0.3, 0.4) is 0 Å². The predicted octanol–water partition coefficient (Wildman–Crippen LogP) is 0.364. The third kappa shape index (κ3) is 2.40. The number of anilines is 1. The fraction of sp³-hybridized carbons (Fsp3) is 0.300. The van der Waals surface area contributed by atoms with E-state index in [1.54, 1.807) is 25.1 Å². The molecule has 0 aromatic heterocycles. The molecule has 0 saturated carbocycles. The normalized spacial score (nSPS) is 19.8. The number of hydrogen-bond acceptors (Lipinski definition) is 4. The standard InChI is InChI=1S/C10H13N3O3S/c1-7-11-9-6-4-3-5-8(9)10(14)13(7)12-17(2,15)16/h3-7,11-12H,1-2H3/t7-/m0/s1. The molecule has 0 spiro atoms. The van der Waals surface area contributed by atoms with E-state index in [1.165, 1.54) is 0 Å². The Morgan fingerprint density at radius 1 is 1.35 bits per heavy atom. The SMILES string of the molecule is C[C@H]1Nc2ccccc2C(=O)N1NS(C)(=O)=O. The van der Waals surface area contributed by atoms with Crippen LogP contribution in [0.4, 0.5) is 5.69 Å². The summed E-state index contributed by atoms with van der Waals surface area (Å²) < 4.78 is 22.3. The summed E-state index contributed by atoms with van der Waals surface area (Å²) in [6.45, 7) is 1.70. The van der Waals surface area contributed by atoms with Gasteiger partial charge in [-0.3, -0.25) is 4.79 Å². The molecule has 1 aromatic carbocycles. The van der Waals surface area contributed by atoms with Gasteiger partial charge in [-0.1, -0.05) is 12.1 Å². The maximum absolute atomic E-state index is 12.1. The molecule has 1 heterocycles. The highest BCUT2D eigenvalue weighted by Gasteiger charge is 2.30. The van der Waals surface area contributed by atoms with Gasteiger partial charge < -0.3 is 5.32 Å². The summed E-state index contributed by atoms with van der Waals surface area (Å²) in [5.41, 5.74) is 1.15. The molecule has 0 fully saturated rings. The Morgan fingerprint density at radius 2 is 2.00 bits per heavy atom. The van der Waals surface area contributed by atoms with Gasteiger partial charge in [-0.15, -0.1) is 4.83 Å². The lowest BCUT2D eigenvalue weighted by molar-refractivity contribution is 0.0651. The van der Waals surface area contributed by atoms with Gasteiger partial charge in [0.25, 0.3) is 5.91 Å². The topological polar surface area (TPSA) is 78.5 Å². The van der Waals surface area contributed by atoms with Crippen LogP contribution in [0.25, 0.3) is 0 Å². The van der Waals surface area contributed by atoms with Gasteiger partial charge in [0.15, 0.2) is 0 Å². The summed E-state index contributed by atoms with van der Waals surface area (Å²) in [5, 5.41) is 4.11. The summed E-state index contributed by atoms with van der Waals surface area (Å²) >= 11 is 0. The zero-order valence-corrected chi connectivity index (χ0v) is 10.3. The van der Waals surface area contributed by atoms with Gasteiger partial charge in [-0.2, -0.15) is 0 Å². The highest BCUT2D eigenvalue weighted by molar-refractivity contribution is 7.88. The third-order valence-electron chi connectivity index (χ3n) is 2.39. The number of carbonyl (C=O) groups is 1. The number of carbonyl (C=O) groups excluding carboxylic acids is 1. The van der Waals surface area contributed by atoms with Gasteiger partial charge in [-0.25, -0.2) is 13.4 Å². The number of benzene rings is 1. The van der Waals surface area contributed by atoms with Crippen molar-refractivity contribution in [3.63, 3.8) is 0 Å². The average molecular weight is 255 g/mol. The first-order valence-electron chi connectivity index (χ1n) is 5.05. The van der Waals surface area contributed by atoms with Crippen LogP contribution >= 0.6 is 0 Å². The van der Waals surface area contributed by atoms with E-state index in [4.69, 9.17) is 0 Å². The van der Waals surface area contributed by atoms with Crippen LogP contribution in [0.1, 0.15) is 17.3 Å². The quantitative estimate of drug-likeness (QED) is 0.800. The number of hydrazine groups is 1. The van der Waals surface area contributed by atoms with Crippen molar-refractivity contribution in [2.24, 2.45) is 0 Å². The summed E-state index contributed by atoms with van der Waals surface area (Å²) in [6.07, 6.45) is 0.570. The molecule has 0 saturated heterocycles. The zero-order valence-electron chi connectivity index (χ0n) is 9.47. The van der Waals surface area contributed by atoms with Gasteiger partial charge in [0.05, 0.1) is 11.8 Å². The fourth-order valence-corrected chi connectivity index (χ4v) is 2.29. The molecule has 92 valence electrons. The Bertz CT molecular complexity index is 556. The maximum atomic E-state index is 12.1. The second-order valence-corrected chi connectivity index (χ2v) is 5.63. The van der Waals surface area contributed by atoms with Gasteiger partial charge in [0, 0.05) is 5.69 Å². The van der Waals surface area contributed by atoms with Gasteiger partial charge in [-0.05, 0) is 19.1 Å². The number of amides is 1. The number of para-hydroxylation sites is 1. The number of hydrogen-bond donors (Lipinski definition) is 2. The minimum atomic E-state index is -3.48. The zero-order chi connectivity index (χ0) is 12.6. The molecule has 0 unspecified atom stereocenters. The summed E-state index contributed by atoms with van der Waals surface area (Å²) in [6, 6.07) is 6.97. The lowest BCUT2D eigenvalue weighted by Crippen LogP contribution is -2.55. The number of rotatable bonds is 2. The Balaban J connectivity index is 2.37. The minimum Gasteiger partial charge on any atom is -0.364 e. The molecular weight excluding hydrogens is 242 g/mol. The van der Waals surface area contributed by atoms with E-state index in [-0.39, 0.29) is 5.91 Å². The molecule has 0 aliphatic carbocycles. The first-order chi connectivity index (χ1) is 7.88. The van der Waals surface area contributed by atoms with Crippen molar-refractivity contribution in [2.45, 2.75) is 13.1 Å². The third-order valence-corrected chi connectivity index (χ3v) is 2.92. The second-order valence-electron chi connectivity index (χ2n) is 3.90. The molecule has 1 aliphatic rings.